The molecule has 4 heteroatoms. The summed E-state index contributed by atoms with van der Waals surface area (Å²) < 4.78 is 5.23. The lowest BCUT2D eigenvalue weighted by atomic mass is 10.1. The van der Waals surface area contributed by atoms with Crippen LogP contribution in [0.1, 0.15) is 57.4 Å². The molecule has 0 saturated heterocycles. The molecule has 1 atom stereocenters. The first kappa shape index (κ1) is 18.5. The Morgan fingerprint density at radius 2 is 1.73 bits per heavy atom. The fourth-order valence-corrected chi connectivity index (χ4v) is 2.29. The Labute approximate surface area is 134 Å². The van der Waals surface area contributed by atoms with Crippen LogP contribution in [0.4, 0.5) is 5.69 Å². The smallest absolute Gasteiger partial charge is 0.322 e. The summed E-state index contributed by atoms with van der Waals surface area (Å²) in [6.45, 7) is 2.69. The maximum atomic E-state index is 11.8. The SMILES string of the molecule is CCCCCCCCOC(=O)[C@H](N)CCc1ccc(N)cc1. The average molecular weight is 306 g/mol. The molecule has 0 aliphatic heterocycles. The molecule has 0 amide bonds. The number of rotatable bonds is 11. The summed E-state index contributed by atoms with van der Waals surface area (Å²) in [6, 6.07) is 7.10. The van der Waals surface area contributed by atoms with Crippen molar-refractivity contribution in [1.82, 2.24) is 0 Å². The second-order valence-electron chi connectivity index (χ2n) is 5.82. The Morgan fingerprint density at radius 1 is 1.09 bits per heavy atom. The molecule has 0 aromatic heterocycles. The second kappa shape index (κ2) is 11.1. The van der Waals surface area contributed by atoms with Crippen molar-refractivity contribution in [3.63, 3.8) is 0 Å². The van der Waals surface area contributed by atoms with E-state index in [4.69, 9.17) is 16.2 Å². The third-order valence-electron chi connectivity index (χ3n) is 3.77. The molecule has 4 N–H and O–H groups in total. The third-order valence-corrected chi connectivity index (χ3v) is 3.77. The molecule has 1 aromatic carbocycles. The Hall–Kier alpha value is -1.55. The van der Waals surface area contributed by atoms with Gasteiger partial charge < -0.3 is 16.2 Å². The maximum absolute atomic E-state index is 11.8. The van der Waals surface area contributed by atoms with E-state index in [1.165, 1.54) is 25.7 Å². The highest BCUT2D eigenvalue weighted by atomic mass is 16.5. The minimum Gasteiger partial charge on any atom is -0.465 e. The molecule has 0 fully saturated rings. The van der Waals surface area contributed by atoms with E-state index in [1.807, 2.05) is 24.3 Å². The number of ether oxygens (including phenoxy) is 1. The molecular formula is C18H30N2O2. The van der Waals surface area contributed by atoms with Gasteiger partial charge in [-0.15, -0.1) is 0 Å². The van der Waals surface area contributed by atoms with Crippen LogP contribution < -0.4 is 11.5 Å². The van der Waals surface area contributed by atoms with Crippen molar-refractivity contribution >= 4 is 11.7 Å². The molecule has 0 heterocycles. The van der Waals surface area contributed by atoms with Crippen LogP contribution in [-0.2, 0) is 16.0 Å². The Kier molecular flexibility index (Phi) is 9.31. The van der Waals surface area contributed by atoms with Crippen LogP contribution in [0.3, 0.4) is 0 Å². The van der Waals surface area contributed by atoms with Crippen LogP contribution >= 0.6 is 0 Å². The van der Waals surface area contributed by atoms with E-state index in [-0.39, 0.29) is 5.97 Å². The molecular weight excluding hydrogens is 276 g/mol. The lowest BCUT2D eigenvalue weighted by Crippen LogP contribution is -2.33. The van der Waals surface area contributed by atoms with Gasteiger partial charge in [-0.05, 0) is 37.0 Å². The van der Waals surface area contributed by atoms with Gasteiger partial charge in [-0.1, -0.05) is 51.2 Å². The number of unbranched alkanes of at least 4 members (excludes halogenated alkanes) is 5. The average Bonchev–Trinajstić information content (AvgIpc) is 2.53. The summed E-state index contributed by atoms with van der Waals surface area (Å²) in [5.74, 6) is -0.288. The summed E-state index contributed by atoms with van der Waals surface area (Å²) >= 11 is 0. The predicted molar refractivity (Wildman–Crippen MR) is 91.5 cm³/mol. The second-order valence-corrected chi connectivity index (χ2v) is 5.82. The highest BCUT2D eigenvalue weighted by molar-refractivity contribution is 5.75. The Balaban J connectivity index is 2.10. The van der Waals surface area contributed by atoms with Crippen molar-refractivity contribution in [2.45, 2.75) is 64.3 Å². The van der Waals surface area contributed by atoms with Gasteiger partial charge >= 0.3 is 5.97 Å². The number of hydrogen-bond acceptors (Lipinski definition) is 4. The largest absolute Gasteiger partial charge is 0.465 e. The summed E-state index contributed by atoms with van der Waals surface area (Å²) in [7, 11) is 0. The van der Waals surface area contributed by atoms with Crippen molar-refractivity contribution in [1.29, 1.82) is 0 Å². The van der Waals surface area contributed by atoms with Gasteiger partial charge in [0.15, 0.2) is 0 Å². The van der Waals surface area contributed by atoms with Gasteiger partial charge in [-0.2, -0.15) is 0 Å². The van der Waals surface area contributed by atoms with E-state index in [1.54, 1.807) is 0 Å². The lowest BCUT2D eigenvalue weighted by molar-refractivity contribution is -0.145. The number of carbonyl (C=O) groups is 1. The van der Waals surface area contributed by atoms with Crippen LogP contribution in [-0.4, -0.2) is 18.6 Å². The summed E-state index contributed by atoms with van der Waals surface area (Å²) in [5, 5.41) is 0. The molecule has 0 unspecified atom stereocenters. The van der Waals surface area contributed by atoms with Crippen molar-refractivity contribution in [3.05, 3.63) is 29.8 Å². The van der Waals surface area contributed by atoms with E-state index in [9.17, 15) is 4.79 Å². The van der Waals surface area contributed by atoms with Crippen molar-refractivity contribution < 1.29 is 9.53 Å². The molecule has 22 heavy (non-hydrogen) atoms. The van der Waals surface area contributed by atoms with Gasteiger partial charge in [-0.25, -0.2) is 0 Å². The fourth-order valence-electron chi connectivity index (χ4n) is 2.29. The summed E-state index contributed by atoms with van der Waals surface area (Å²) in [6.07, 6.45) is 8.43. The highest BCUT2D eigenvalue weighted by Crippen LogP contribution is 2.09. The number of nitrogens with two attached hydrogens (primary N) is 2. The standard InChI is InChI=1S/C18H30N2O2/c1-2-3-4-5-6-7-14-22-18(21)17(20)13-10-15-8-11-16(19)12-9-15/h8-9,11-12,17H,2-7,10,13-14,19-20H2,1H3/t17-/m1/s1. The van der Waals surface area contributed by atoms with E-state index in [2.05, 4.69) is 6.92 Å². The minimum atomic E-state index is -0.544. The number of nitrogen functional groups attached to an aromatic ring is 1. The molecule has 4 nitrogen and oxygen atoms in total. The van der Waals surface area contributed by atoms with E-state index >= 15 is 0 Å². The molecule has 0 aliphatic carbocycles. The minimum absolute atomic E-state index is 0.288. The van der Waals surface area contributed by atoms with Gasteiger partial charge in [0, 0.05) is 5.69 Å². The zero-order chi connectivity index (χ0) is 16.2. The first-order valence-electron chi connectivity index (χ1n) is 8.40. The van der Waals surface area contributed by atoms with E-state index in [0.29, 0.717) is 13.0 Å². The number of anilines is 1. The molecule has 1 aromatic rings. The molecule has 0 radical (unpaired) electrons. The van der Waals surface area contributed by atoms with Gasteiger partial charge in [0.05, 0.1) is 6.61 Å². The number of hydrogen-bond donors (Lipinski definition) is 2. The molecule has 0 spiro atoms. The van der Waals surface area contributed by atoms with E-state index < -0.39 is 6.04 Å². The van der Waals surface area contributed by atoms with Gasteiger partial charge in [0.1, 0.15) is 6.04 Å². The number of aryl methyl sites for hydroxylation is 1. The molecule has 1 rings (SSSR count). The summed E-state index contributed by atoms with van der Waals surface area (Å²) in [4.78, 5) is 11.8. The fraction of sp³-hybridized carbons (Fsp3) is 0.611. The van der Waals surface area contributed by atoms with Crippen LogP contribution in [0.25, 0.3) is 0 Å². The van der Waals surface area contributed by atoms with Crippen molar-refractivity contribution in [2.24, 2.45) is 5.73 Å². The zero-order valence-electron chi connectivity index (χ0n) is 13.7. The highest BCUT2D eigenvalue weighted by Gasteiger charge is 2.14. The lowest BCUT2D eigenvalue weighted by Gasteiger charge is -2.11. The van der Waals surface area contributed by atoms with Crippen LogP contribution in [0.5, 0.6) is 0 Å². The first-order valence-corrected chi connectivity index (χ1v) is 8.40. The number of benzene rings is 1. The number of carbonyl (C=O) groups excluding carboxylic acids is 1. The van der Waals surface area contributed by atoms with Gasteiger partial charge in [-0.3, -0.25) is 4.79 Å². The first-order chi connectivity index (χ1) is 10.6. The van der Waals surface area contributed by atoms with Gasteiger partial charge in [0.2, 0.25) is 0 Å². The van der Waals surface area contributed by atoms with Crippen molar-refractivity contribution in [3.8, 4) is 0 Å². The Morgan fingerprint density at radius 3 is 2.41 bits per heavy atom. The third kappa shape index (κ3) is 8.03. The Bertz CT molecular complexity index is 418. The summed E-state index contributed by atoms with van der Waals surface area (Å²) in [5.41, 5.74) is 13.4. The number of esters is 1. The van der Waals surface area contributed by atoms with Crippen LogP contribution in [0, 0.1) is 0 Å². The molecule has 0 saturated carbocycles. The molecule has 0 aliphatic rings. The maximum Gasteiger partial charge on any atom is 0.322 e. The monoisotopic (exact) mass is 306 g/mol. The van der Waals surface area contributed by atoms with Gasteiger partial charge in [0.25, 0.3) is 0 Å². The topological polar surface area (TPSA) is 78.3 Å². The normalized spacial score (nSPS) is 12.1. The predicted octanol–water partition coefficient (Wildman–Crippen LogP) is 3.43. The molecule has 0 bridgehead atoms. The van der Waals surface area contributed by atoms with Crippen LogP contribution in [0.2, 0.25) is 0 Å². The van der Waals surface area contributed by atoms with Crippen LogP contribution in [0.15, 0.2) is 24.3 Å². The van der Waals surface area contributed by atoms with Crippen molar-refractivity contribution in [2.75, 3.05) is 12.3 Å². The molecule has 124 valence electrons. The zero-order valence-corrected chi connectivity index (χ0v) is 13.7. The quantitative estimate of drug-likeness (QED) is 0.373. The van der Waals surface area contributed by atoms with E-state index in [0.717, 1.165) is 30.5 Å².